The highest BCUT2D eigenvalue weighted by Gasteiger charge is 2.26. The summed E-state index contributed by atoms with van der Waals surface area (Å²) in [5.41, 5.74) is 0. The second-order valence-corrected chi connectivity index (χ2v) is 6.15. The van der Waals surface area contributed by atoms with Gasteiger partial charge in [0.25, 0.3) is 0 Å². The average Bonchev–Trinajstić information content (AvgIpc) is 2.11. The lowest BCUT2D eigenvalue weighted by molar-refractivity contribution is 0.213. The normalized spacial score (nSPS) is 33.0. The summed E-state index contributed by atoms with van der Waals surface area (Å²) in [4.78, 5) is 0. The second-order valence-electron chi connectivity index (χ2n) is 6.15. The summed E-state index contributed by atoms with van der Waals surface area (Å²) in [5.74, 6) is 1.90. The molecule has 2 unspecified atom stereocenters. The first-order valence-corrected chi connectivity index (χ1v) is 7.00. The fourth-order valence-corrected chi connectivity index (χ4v) is 3.23. The van der Waals surface area contributed by atoms with E-state index in [2.05, 4.69) is 19.2 Å². The first kappa shape index (κ1) is 11.4. The predicted octanol–water partition coefficient (Wildman–Crippen LogP) is 3.73. The van der Waals surface area contributed by atoms with Crippen LogP contribution in [-0.4, -0.2) is 12.1 Å². The third-order valence-electron chi connectivity index (χ3n) is 4.16. The molecular weight excluding hydrogens is 182 g/mol. The highest BCUT2D eigenvalue weighted by Crippen LogP contribution is 2.31. The Morgan fingerprint density at radius 1 is 1.00 bits per heavy atom. The maximum absolute atomic E-state index is 3.86. The van der Waals surface area contributed by atoms with Crippen molar-refractivity contribution < 1.29 is 0 Å². The lowest BCUT2D eigenvalue weighted by Crippen LogP contribution is -2.44. The average molecular weight is 209 g/mol. The summed E-state index contributed by atoms with van der Waals surface area (Å²) < 4.78 is 0. The summed E-state index contributed by atoms with van der Waals surface area (Å²) in [5, 5.41) is 3.86. The Labute approximate surface area is 95.0 Å². The lowest BCUT2D eigenvalue weighted by Gasteiger charge is -2.36. The third-order valence-corrected chi connectivity index (χ3v) is 4.16. The number of nitrogens with one attached hydrogen (secondary N) is 1. The molecule has 0 saturated heterocycles. The van der Waals surface area contributed by atoms with Crippen molar-refractivity contribution in [3.05, 3.63) is 0 Å². The van der Waals surface area contributed by atoms with E-state index in [1.54, 1.807) is 0 Å². The van der Waals surface area contributed by atoms with Gasteiger partial charge in [-0.05, 0) is 43.9 Å². The third kappa shape index (κ3) is 3.48. The fraction of sp³-hybridized carbons (Fsp3) is 1.00. The topological polar surface area (TPSA) is 12.0 Å². The smallest absolute Gasteiger partial charge is 0.00722 e. The van der Waals surface area contributed by atoms with Gasteiger partial charge < -0.3 is 5.32 Å². The van der Waals surface area contributed by atoms with Crippen molar-refractivity contribution in [3.8, 4) is 0 Å². The molecular formula is C14H27N. The summed E-state index contributed by atoms with van der Waals surface area (Å²) in [6.45, 7) is 4.73. The van der Waals surface area contributed by atoms with E-state index >= 15 is 0 Å². The Morgan fingerprint density at radius 2 is 1.67 bits per heavy atom. The van der Waals surface area contributed by atoms with E-state index in [1.165, 1.54) is 51.4 Å². The zero-order chi connectivity index (χ0) is 10.7. The molecule has 88 valence electrons. The van der Waals surface area contributed by atoms with Gasteiger partial charge in [-0.25, -0.2) is 0 Å². The van der Waals surface area contributed by atoms with Crippen molar-refractivity contribution in [2.75, 3.05) is 0 Å². The van der Waals surface area contributed by atoms with Crippen LogP contribution in [0.2, 0.25) is 0 Å². The molecule has 1 N–H and O–H groups in total. The van der Waals surface area contributed by atoms with Gasteiger partial charge in [-0.15, -0.1) is 0 Å². The van der Waals surface area contributed by atoms with Crippen LogP contribution in [0.4, 0.5) is 0 Å². The van der Waals surface area contributed by atoms with E-state index in [9.17, 15) is 0 Å². The molecule has 0 aliphatic heterocycles. The van der Waals surface area contributed by atoms with Gasteiger partial charge >= 0.3 is 0 Å². The van der Waals surface area contributed by atoms with Gasteiger partial charge in [0.1, 0.15) is 0 Å². The Kier molecular flexibility index (Phi) is 4.07. The van der Waals surface area contributed by atoms with E-state index in [4.69, 9.17) is 0 Å². The van der Waals surface area contributed by atoms with Gasteiger partial charge in [0.05, 0.1) is 0 Å². The van der Waals surface area contributed by atoms with Gasteiger partial charge in [-0.1, -0.05) is 33.1 Å². The van der Waals surface area contributed by atoms with Crippen molar-refractivity contribution in [2.24, 2.45) is 11.8 Å². The van der Waals surface area contributed by atoms with Crippen LogP contribution < -0.4 is 5.32 Å². The monoisotopic (exact) mass is 209 g/mol. The minimum Gasteiger partial charge on any atom is -0.311 e. The largest absolute Gasteiger partial charge is 0.311 e. The molecule has 0 spiro atoms. The van der Waals surface area contributed by atoms with Gasteiger partial charge in [-0.3, -0.25) is 0 Å². The molecule has 2 fully saturated rings. The van der Waals surface area contributed by atoms with Gasteiger partial charge in [0.15, 0.2) is 0 Å². The van der Waals surface area contributed by atoms with Crippen molar-refractivity contribution >= 4 is 0 Å². The van der Waals surface area contributed by atoms with Crippen LogP contribution in [0.5, 0.6) is 0 Å². The lowest BCUT2D eigenvalue weighted by atomic mass is 9.80. The maximum atomic E-state index is 3.86. The Balaban J connectivity index is 1.71. The van der Waals surface area contributed by atoms with Gasteiger partial charge in [-0.2, -0.15) is 0 Å². The molecule has 15 heavy (non-hydrogen) atoms. The quantitative estimate of drug-likeness (QED) is 0.744. The Hall–Kier alpha value is -0.0400. The molecule has 2 aliphatic carbocycles. The maximum Gasteiger partial charge on any atom is 0.00722 e. The van der Waals surface area contributed by atoms with Crippen LogP contribution in [0, 0.1) is 11.8 Å². The fourth-order valence-electron chi connectivity index (χ4n) is 3.23. The second kappa shape index (κ2) is 5.34. The Morgan fingerprint density at radius 3 is 2.27 bits per heavy atom. The van der Waals surface area contributed by atoms with Crippen LogP contribution in [-0.2, 0) is 0 Å². The number of hydrogen-bond donors (Lipinski definition) is 1. The molecule has 1 heteroatoms. The molecule has 2 atom stereocenters. The van der Waals surface area contributed by atoms with Gasteiger partial charge in [0.2, 0.25) is 0 Å². The summed E-state index contributed by atoms with van der Waals surface area (Å²) in [6, 6.07) is 1.74. The van der Waals surface area contributed by atoms with Crippen molar-refractivity contribution in [2.45, 2.75) is 77.3 Å². The highest BCUT2D eigenvalue weighted by atomic mass is 15.0. The van der Waals surface area contributed by atoms with Crippen molar-refractivity contribution in [1.29, 1.82) is 0 Å². The zero-order valence-electron chi connectivity index (χ0n) is 10.5. The van der Waals surface area contributed by atoms with Gasteiger partial charge in [0, 0.05) is 12.1 Å². The summed E-state index contributed by atoms with van der Waals surface area (Å²) >= 11 is 0. The molecule has 0 aromatic heterocycles. The zero-order valence-corrected chi connectivity index (χ0v) is 10.5. The highest BCUT2D eigenvalue weighted by molar-refractivity contribution is 4.84. The van der Waals surface area contributed by atoms with E-state index in [1.807, 2.05) is 0 Å². The van der Waals surface area contributed by atoms with E-state index in [0.717, 1.165) is 23.9 Å². The molecule has 2 aliphatic rings. The molecule has 0 aromatic carbocycles. The Bertz CT molecular complexity index is 184. The van der Waals surface area contributed by atoms with Crippen LogP contribution in [0.15, 0.2) is 0 Å². The van der Waals surface area contributed by atoms with Crippen LogP contribution in [0.25, 0.3) is 0 Å². The summed E-state index contributed by atoms with van der Waals surface area (Å²) in [7, 11) is 0. The van der Waals surface area contributed by atoms with Crippen LogP contribution >= 0.6 is 0 Å². The first-order valence-electron chi connectivity index (χ1n) is 7.00. The van der Waals surface area contributed by atoms with E-state index < -0.39 is 0 Å². The molecule has 0 aromatic rings. The van der Waals surface area contributed by atoms with Crippen molar-refractivity contribution in [3.63, 3.8) is 0 Å². The van der Waals surface area contributed by atoms with Crippen LogP contribution in [0.3, 0.4) is 0 Å². The molecule has 2 saturated carbocycles. The van der Waals surface area contributed by atoms with E-state index in [0.29, 0.717) is 0 Å². The molecule has 1 nitrogen and oxygen atoms in total. The SMILES string of the molecule is CC(C)CC1CCCC(NC2CCC2)C1. The molecule has 0 radical (unpaired) electrons. The van der Waals surface area contributed by atoms with Crippen molar-refractivity contribution in [1.82, 2.24) is 5.32 Å². The summed E-state index contributed by atoms with van der Waals surface area (Å²) in [6.07, 6.45) is 11.6. The minimum atomic E-state index is 0.854. The number of hydrogen-bond acceptors (Lipinski definition) is 1. The minimum absolute atomic E-state index is 0.854. The molecule has 0 amide bonds. The number of rotatable bonds is 4. The molecule has 0 bridgehead atoms. The standard InChI is InChI=1S/C14H27N/c1-11(2)9-12-5-3-8-14(10-12)15-13-6-4-7-13/h11-15H,3-10H2,1-2H3. The van der Waals surface area contributed by atoms with E-state index in [-0.39, 0.29) is 0 Å². The first-order chi connectivity index (χ1) is 7.24. The molecule has 2 rings (SSSR count). The predicted molar refractivity (Wildman–Crippen MR) is 66.0 cm³/mol. The molecule has 0 heterocycles. The van der Waals surface area contributed by atoms with Crippen LogP contribution in [0.1, 0.15) is 65.2 Å².